The number of amides is 1. The van der Waals surface area contributed by atoms with Gasteiger partial charge >= 0.3 is 0 Å². The molecule has 0 aliphatic carbocycles. The van der Waals surface area contributed by atoms with Crippen molar-refractivity contribution in [2.75, 3.05) is 19.4 Å². The third-order valence-electron chi connectivity index (χ3n) is 2.26. The summed E-state index contributed by atoms with van der Waals surface area (Å²) in [6.07, 6.45) is 0.321. The second-order valence-corrected chi connectivity index (χ2v) is 3.66. The number of hydrogen-bond acceptors (Lipinski definition) is 3. The van der Waals surface area contributed by atoms with Gasteiger partial charge in [0.1, 0.15) is 5.84 Å². The van der Waals surface area contributed by atoms with Gasteiger partial charge in [-0.25, -0.2) is 4.99 Å². The van der Waals surface area contributed by atoms with Gasteiger partial charge in [0.05, 0.1) is 17.8 Å². The molecule has 1 aliphatic heterocycles. The highest BCUT2D eigenvalue weighted by Gasteiger charge is 2.16. The first-order valence-corrected chi connectivity index (χ1v) is 4.80. The third kappa shape index (κ3) is 1.98. The summed E-state index contributed by atoms with van der Waals surface area (Å²) in [5, 5.41) is 2.83. The van der Waals surface area contributed by atoms with E-state index < -0.39 is 0 Å². The number of hydrogen-bond donors (Lipinski definition) is 1. The lowest BCUT2D eigenvalue weighted by Gasteiger charge is -2.12. The topological polar surface area (TPSA) is 44.7 Å². The van der Waals surface area contributed by atoms with E-state index in [2.05, 4.69) is 10.3 Å². The Kier molecular flexibility index (Phi) is 2.41. The summed E-state index contributed by atoms with van der Waals surface area (Å²) in [4.78, 5) is 17.9. The fourth-order valence-corrected chi connectivity index (χ4v) is 1.45. The Morgan fingerprint density at radius 2 is 2.07 bits per heavy atom. The Hall–Kier alpha value is -1.84. The van der Waals surface area contributed by atoms with Gasteiger partial charge in [-0.2, -0.15) is 0 Å². The maximum atomic E-state index is 11.5. The number of fused-ring (bicyclic) bond motifs is 1. The highest BCUT2D eigenvalue weighted by Crippen LogP contribution is 2.27. The predicted molar refractivity (Wildman–Crippen MR) is 60.5 cm³/mol. The van der Waals surface area contributed by atoms with Crippen LogP contribution in [-0.2, 0) is 4.79 Å². The second kappa shape index (κ2) is 3.73. The fourth-order valence-electron chi connectivity index (χ4n) is 1.45. The average molecular weight is 203 g/mol. The zero-order valence-electron chi connectivity index (χ0n) is 8.82. The molecule has 2 rings (SSSR count). The number of nitrogens with zero attached hydrogens (tertiary/aromatic N) is 2. The Bertz CT molecular complexity index is 424. The lowest BCUT2D eigenvalue weighted by molar-refractivity contribution is -0.115. The smallest absolute Gasteiger partial charge is 0.232 e. The molecule has 1 aromatic rings. The lowest BCUT2D eigenvalue weighted by atomic mass is 10.3. The Morgan fingerprint density at radius 1 is 1.33 bits per heavy atom. The van der Waals surface area contributed by atoms with Gasteiger partial charge in [0.15, 0.2) is 0 Å². The molecular formula is C11H13N3O. The van der Waals surface area contributed by atoms with E-state index in [0.29, 0.717) is 6.42 Å². The van der Waals surface area contributed by atoms with Crippen LogP contribution in [0.4, 0.5) is 11.4 Å². The molecule has 0 aromatic heterocycles. The first kappa shape index (κ1) is 9.71. The SMILES string of the molecule is CN(C)C1=Nc2ccccc2NC(=O)C1. The molecule has 0 spiro atoms. The molecule has 0 bridgehead atoms. The van der Waals surface area contributed by atoms with E-state index in [9.17, 15) is 4.79 Å². The van der Waals surface area contributed by atoms with E-state index in [1.54, 1.807) is 0 Å². The molecule has 0 radical (unpaired) electrons. The molecule has 1 aliphatic rings. The summed E-state index contributed by atoms with van der Waals surface area (Å²) >= 11 is 0. The van der Waals surface area contributed by atoms with Crippen LogP contribution in [0.1, 0.15) is 6.42 Å². The number of amidine groups is 1. The summed E-state index contributed by atoms with van der Waals surface area (Å²) in [6, 6.07) is 7.54. The molecule has 15 heavy (non-hydrogen) atoms. The van der Waals surface area contributed by atoms with Crippen LogP contribution in [0, 0.1) is 0 Å². The van der Waals surface area contributed by atoms with Crippen molar-refractivity contribution in [2.24, 2.45) is 4.99 Å². The average Bonchev–Trinajstić information content (AvgIpc) is 2.35. The summed E-state index contributed by atoms with van der Waals surface area (Å²) in [5.41, 5.74) is 1.59. The van der Waals surface area contributed by atoms with Crippen LogP contribution in [0.2, 0.25) is 0 Å². The van der Waals surface area contributed by atoms with Crippen molar-refractivity contribution in [3.05, 3.63) is 24.3 Å². The van der Waals surface area contributed by atoms with Crippen LogP contribution in [0.15, 0.2) is 29.3 Å². The number of para-hydroxylation sites is 2. The van der Waals surface area contributed by atoms with Gasteiger partial charge in [-0.3, -0.25) is 4.79 Å². The number of anilines is 1. The Balaban J connectivity index is 2.47. The van der Waals surface area contributed by atoms with Crippen molar-refractivity contribution in [3.63, 3.8) is 0 Å². The second-order valence-electron chi connectivity index (χ2n) is 3.66. The molecule has 1 aromatic carbocycles. The quantitative estimate of drug-likeness (QED) is 0.696. The van der Waals surface area contributed by atoms with E-state index in [4.69, 9.17) is 0 Å². The molecular weight excluding hydrogens is 190 g/mol. The minimum atomic E-state index is -0.0209. The molecule has 1 N–H and O–H groups in total. The highest BCUT2D eigenvalue weighted by molar-refractivity contribution is 6.09. The van der Waals surface area contributed by atoms with Crippen molar-refractivity contribution in [2.45, 2.75) is 6.42 Å². The fraction of sp³-hybridized carbons (Fsp3) is 0.273. The van der Waals surface area contributed by atoms with Gasteiger partial charge in [0.2, 0.25) is 5.91 Å². The summed E-state index contributed by atoms with van der Waals surface area (Å²) in [6.45, 7) is 0. The van der Waals surface area contributed by atoms with Crippen molar-refractivity contribution >= 4 is 23.1 Å². The molecule has 0 fully saturated rings. The lowest BCUT2D eigenvalue weighted by Crippen LogP contribution is -2.25. The number of benzene rings is 1. The van der Waals surface area contributed by atoms with E-state index >= 15 is 0 Å². The van der Waals surface area contributed by atoms with Crippen LogP contribution in [-0.4, -0.2) is 30.7 Å². The third-order valence-corrected chi connectivity index (χ3v) is 2.26. The summed E-state index contributed by atoms with van der Waals surface area (Å²) < 4.78 is 0. The monoisotopic (exact) mass is 203 g/mol. The number of carbonyl (C=O) groups excluding carboxylic acids is 1. The normalized spacial score (nSPS) is 14.8. The van der Waals surface area contributed by atoms with Crippen molar-refractivity contribution in [1.29, 1.82) is 0 Å². The van der Waals surface area contributed by atoms with Gasteiger partial charge in [0.25, 0.3) is 0 Å². The molecule has 0 saturated heterocycles. The zero-order valence-corrected chi connectivity index (χ0v) is 8.82. The maximum Gasteiger partial charge on any atom is 0.232 e. The molecule has 1 amide bonds. The predicted octanol–water partition coefficient (Wildman–Crippen LogP) is 1.62. The van der Waals surface area contributed by atoms with E-state index in [1.165, 1.54) is 0 Å². The van der Waals surface area contributed by atoms with Crippen LogP contribution >= 0.6 is 0 Å². The van der Waals surface area contributed by atoms with Crippen molar-refractivity contribution < 1.29 is 4.79 Å². The molecule has 4 heteroatoms. The molecule has 0 saturated carbocycles. The van der Waals surface area contributed by atoms with Gasteiger partial charge in [-0.15, -0.1) is 0 Å². The van der Waals surface area contributed by atoms with Crippen LogP contribution < -0.4 is 5.32 Å². The first-order chi connectivity index (χ1) is 7.16. The standard InChI is InChI=1S/C11H13N3O/c1-14(2)10-7-11(15)13-9-6-4-3-5-8(9)12-10/h3-6H,7H2,1-2H3,(H,13,15). The number of nitrogens with one attached hydrogen (secondary N) is 1. The van der Waals surface area contributed by atoms with E-state index in [-0.39, 0.29) is 5.91 Å². The summed E-state index contributed by atoms with van der Waals surface area (Å²) in [7, 11) is 3.78. The number of aliphatic imine (C=N–C) groups is 1. The minimum Gasteiger partial charge on any atom is -0.366 e. The van der Waals surface area contributed by atoms with Gasteiger partial charge in [-0.1, -0.05) is 12.1 Å². The number of carbonyl (C=O) groups is 1. The Morgan fingerprint density at radius 3 is 2.80 bits per heavy atom. The maximum absolute atomic E-state index is 11.5. The van der Waals surface area contributed by atoms with Gasteiger partial charge in [0, 0.05) is 14.1 Å². The molecule has 78 valence electrons. The van der Waals surface area contributed by atoms with Crippen LogP contribution in [0.5, 0.6) is 0 Å². The zero-order chi connectivity index (χ0) is 10.8. The molecule has 0 unspecified atom stereocenters. The largest absolute Gasteiger partial charge is 0.366 e. The Labute approximate surface area is 88.6 Å². The van der Waals surface area contributed by atoms with Gasteiger partial charge in [-0.05, 0) is 12.1 Å². The van der Waals surface area contributed by atoms with Crippen LogP contribution in [0.3, 0.4) is 0 Å². The highest BCUT2D eigenvalue weighted by atomic mass is 16.1. The summed E-state index contributed by atoms with van der Waals surface area (Å²) in [5.74, 6) is 0.754. The number of rotatable bonds is 0. The van der Waals surface area contributed by atoms with E-state index in [1.807, 2.05) is 43.3 Å². The first-order valence-electron chi connectivity index (χ1n) is 4.80. The van der Waals surface area contributed by atoms with Crippen molar-refractivity contribution in [1.82, 2.24) is 4.90 Å². The van der Waals surface area contributed by atoms with Crippen LogP contribution in [0.25, 0.3) is 0 Å². The molecule has 1 heterocycles. The minimum absolute atomic E-state index is 0.0209. The van der Waals surface area contributed by atoms with E-state index in [0.717, 1.165) is 17.2 Å². The molecule has 4 nitrogen and oxygen atoms in total. The van der Waals surface area contributed by atoms with Gasteiger partial charge < -0.3 is 10.2 Å². The molecule has 0 atom stereocenters. The van der Waals surface area contributed by atoms with Crippen molar-refractivity contribution in [3.8, 4) is 0 Å².